The highest BCUT2D eigenvalue weighted by Crippen LogP contribution is 2.32. The lowest BCUT2D eigenvalue weighted by Crippen LogP contribution is -2.04. The molecule has 0 aliphatic carbocycles. The summed E-state index contributed by atoms with van der Waals surface area (Å²) in [5.41, 5.74) is 0. The van der Waals surface area contributed by atoms with Crippen LogP contribution in [-0.2, 0) is 9.53 Å². The largest absolute Gasteiger partial charge is 0.507 e. The zero-order valence-corrected chi connectivity index (χ0v) is 9.79. The van der Waals surface area contributed by atoms with Crippen LogP contribution in [0.4, 0.5) is 0 Å². The summed E-state index contributed by atoms with van der Waals surface area (Å²) in [4.78, 5) is 11.4. The molecule has 2 aromatic carbocycles. The van der Waals surface area contributed by atoms with E-state index < -0.39 is 5.97 Å². The number of phenols is 1. The van der Waals surface area contributed by atoms with Gasteiger partial charge >= 0.3 is 5.97 Å². The van der Waals surface area contributed by atoms with Crippen molar-refractivity contribution >= 4 is 16.7 Å². The van der Waals surface area contributed by atoms with E-state index >= 15 is 0 Å². The molecule has 1 N–H and O–H groups in total. The van der Waals surface area contributed by atoms with Gasteiger partial charge in [-0.2, -0.15) is 0 Å². The number of hydrogen-bond donors (Lipinski definition) is 1. The fraction of sp³-hybridized carbons (Fsp3) is 0.0714. The smallest absolute Gasteiger partial charge is 0.339 e. The van der Waals surface area contributed by atoms with Crippen LogP contribution >= 0.6 is 0 Å². The fourth-order valence-electron chi connectivity index (χ4n) is 1.61. The summed E-state index contributed by atoms with van der Waals surface area (Å²) in [6.45, 7) is 0. The van der Waals surface area contributed by atoms with Crippen LogP contribution < -0.4 is 4.74 Å². The Kier molecular flexibility index (Phi) is 3.48. The van der Waals surface area contributed by atoms with Crippen molar-refractivity contribution in [1.29, 1.82) is 0 Å². The van der Waals surface area contributed by atoms with Crippen LogP contribution in [0.2, 0.25) is 0 Å². The first-order valence-electron chi connectivity index (χ1n) is 5.34. The summed E-state index contributed by atoms with van der Waals surface area (Å²) in [7, 11) is 1.44. The van der Waals surface area contributed by atoms with Gasteiger partial charge in [-0.1, -0.05) is 24.3 Å². The Labute approximate surface area is 104 Å². The van der Waals surface area contributed by atoms with Gasteiger partial charge in [-0.15, -0.1) is 0 Å². The molecule has 0 bridgehead atoms. The van der Waals surface area contributed by atoms with Crippen LogP contribution in [0.15, 0.2) is 48.7 Å². The molecule has 0 unspecified atom stereocenters. The predicted molar refractivity (Wildman–Crippen MR) is 67.4 cm³/mol. The topological polar surface area (TPSA) is 55.8 Å². The molecule has 92 valence electrons. The van der Waals surface area contributed by atoms with E-state index in [9.17, 15) is 9.90 Å². The van der Waals surface area contributed by atoms with E-state index in [2.05, 4.69) is 4.74 Å². The van der Waals surface area contributed by atoms with Crippen molar-refractivity contribution in [3.63, 3.8) is 0 Å². The molecule has 0 saturated carbocycles. The average molecular weight is 244 g/mol. The van der Waals surface area contributed by atoms with E-state index in [0.29, 0.717) is 16.5 Å². The molecule has 2 aromatic rings. The molecule has 2 rings (SSSR count). The number of carbonyl (C=O) groups is 1. The molecular formula is C14H12O4. The quantitative estimate of drug-likeness (QED) is 0.390. The van der Waals surface area contributed by atoms with E-state index in [-0.39, 0.29) is 5.75 Å². The summed E-state index contributed by atoms with van der Waals surface area (Å²) < 4.78 is 9.80. The molecule has 0 aliphatic heterocycles. The van der Waals surface area contributed by atoms with Crippen molar-refractivity contribution in [2.24, 2.45) is 0 Å². The first kappa shape index (κ1) is 12.0. The van der Waals surface area contributed by atoms with Gasteiger partial charge in [-0.25, -0.2) is 4.79 Å². The molecule has 0 radical (unpaired) electrons. The van der Waals surface area contributed by atoms with Gasteiger partial charge in [0, 0.05) is 10.8 Å². The molecule has 0 atom stereocenters. The van der Waals surface area contributed by atoms with Crippen molar-refractivity contribution in [1.82, 2.24) is 0 Å². The van der Waals surface area contributed by atoms with Crippen molar-refractivity contribution in [2.45, 2.75) is 0 Å². The first-order valence-corrected chi connectivity index (χ1v) is 5.34. The van der Waals surface area contributed by atoms with E-state index in [1.807, 2.05) is 6.07 Å². The van der Waals surface area contributed by atoms with Crippen molar-refractivity contribution in [3.8, 4) is 11.5 Å². The summed E-state index contributed by atoms with van der Waals surface area (Å²) in [6, 6.07) is 10.2. The molecule has 0 heterocycles. The maximum Gasteiger partial charge on any atom is 0.339 e. The van der Waals surface area contributed by atoms with Crippen LogP contribution in [0.25, 0.3) is 10.8 Å². The Morgan fingerprint density at radius 1 is 1.17 bits per heavy atom. The molecule has 0 aromatic heterocycles. The molecule has 4 heteroatoms. The summed E-state index contributed by atoms with van der Waals surface area (Å²) in [6.07, 6.45) is 2.42. The van der Waals surface area contributed by atoms with Crippen molar-refractivity contribution < 1.29 is 19.4 Å². The molecule has 0 saturated heterocycles. The van der Waals surface area contributed by atoms with Crippen LogP contribution in [0.5, 0.6) is 11.5 Å². The van der Waals surface area contributed by atoms with Crippen LogP contribution in [0.1, 0.15) is 0 Å². The fourth-order valence-corrected chi connectivity index (χ4v) is 1.61. The lowest BCUT2D eigenvalue weighted by molar-refractivity contribution is -0.129. The zero-order valence-electron chi connectivity index (χ0n) is 9.79. The number of benzene rings is 2. The minimum atomic E-state index is -0.535. The molecule has 18 heavy (non-hydrogen) atoms. The second kappa shape index (κ2) is 5.23. The van der Waals surface area contributed by atoms with Gasteiger partial charge in [-0.3, -0.25) is 0 Å². The number of hydrogen-bond acceptors (Lipinski definition) is 4. The van der Waals surface area contributed by atoms with Crippen molar-refractivity contribution in [2.75, 3.05) is 7.11 Å². The second-order valence-corrected chi connectivity index (χ2v) is 3.59. The monoisotopic (exact) mass is 244 g/mol. The van der Waals surface area contributed by atoms with E-state index in [1.54, 1.807) is 24.3 Å². The maximum atomic E-state index is 11.4. The number of methoxy groups -OCH3 is 1. The number of aromatic hydroxyl groups is 1. The Morgan fingerprint density at radius 3 is 2.61 bits per heavy atom. The van der Waals surface area contributed by atoms with Gasteiger partial charge in [0.05, 0.1) is 19.4 Å². The Bertz CT molecular complexity index is 602. The summed E-state index contributed by atoms with van der Waals surface area (Å²) >= 11 is 0. The van der Waals surface area contributed by atoms with E-state index in [0.717, 1.165) is 0 Å². The normalized spacial score (nSPS) is 10.7. The first-order chi connectivity index (χ1) is 8.72. The third-order valence-corrected chi connectivity index (χ3v) is 2.41. The number of rotatable bonds is 3. The minimum Gasteiger partial charge on any atom is -0.507 e. The number of fused-ring (bicyclic) bond motifs is 1. The molecule has 0 amide bonds. The van der Waals surface area contributed by atoms with Crippen LogP contribution in [-0.4, -0.2) is 18.2 Å². The zero-order chi connectivity index (χ0) is 13.0. The average Bonchev–Trinajstić information content (AvgIpc) is 2.40. The van der Waals surface area contributed by atoms with Gasteiger partial charge in [0.1, 0.15) is 11.5 Å². The molecule has 0 spiro atoms. The van der Waals surface area contributed by atoms with Gasteiger partial charge in [0.2, 0.25) is 0 Å². The summed E-state index contributed by atoms with van der Waals surface area (Å²) in [5.74, 6) is 0.0136. The Morgan fingerprint density at radius 2 is 1.89 bits per heavy atom. The van der Waals surface area contributed by atoms with Gasteiger partial charge in [-0.05, 0) is 12.1 Å². The van der Waals surface area contributed by atoms with E-state index in [1.165, 1.54) is 25.5 Å². The predicted octanol–water partition coefficient (Wildman–Crippen LogP) is 2.61. The Balaban J connectivity index is 2.37. The number of ether oxygens (including phenoxy) is 2. The van der Waals surface area contributed by atoms with Gasteiger partial charge in [0.15, 0.2) is 0 Å². The highest BCUT2D eigenvalue weighted by atomic mass is 16.5. The third kappa shape index (κ3) is 2.43. The van der Waals surface area contributed by atoms with Crippen molar-refractivity contribution in [3.05, 3.63) is 48.7 Å². The Hall–Kier alpha value is -2.49. The van der Waals surface area contributed by atoms with Gasteiger partial charge < -0.3 is 14.6 Å². The summed E-state index contributed by atoms with van der Waals surface area (Å²) in [5, 5.41) is 11.0. The molecular weight excluding hydrogens is 232 g/mol. The third-order valence-electron chi connectivity index (χ3n) is 2.41. The molecule has 4 nitrogen and oxygen atoms in total. The number of phenolic OH excluding ortho intramolecular Hbond substituents is 1. The SMILES string of the molecule is CO/C=C/C(=O)Oc1ccc(O)c2ccccc12. The molecule has 0 aliphatic rings. The maximum absolute atomic E-state index is 11.4. The standard InChI is InChI=1S/C14H12O4/c1-17-9-8-14(16)18-13-7-6-12(15)10-4-2-3-5-11(10)13/h2-9,15H,1H3/b9-8+. The van der Waals surface area contributed by atoms with Crippen LogP contribution in [0, 0.1) is 0 Å². The number of esters is 1. The highest BCUT2D eigenvalue weighted by Gasteiger charge is 2.08. The molecule has 0 fully saturated rings. The van der Waals surface area contributed by atoms with E-state index in [4.69, 9.17) is 4.74 Å². The highest BCUT2D eigenvalue weighted by molar-refractivity contribution is 5.95. The minimum absolute atomic E-state index is 0.151. The lowest BCUT2D eigenvalue weighted by atomic mass is 10.1. The second-order valence-electron chi connectivity index (χ2n) is 3.59. The van der Waals surface area contributed by atoms with Gasteiger partial charge in [0.25, 0.3) is 0 Å². The number of carbonyl (C=O) groups excluding carboxylic acids is 1. The lowest BCUT2D eigenvalue weighted by Gasteiger charge is -2.07. The van der Waals surface area contributed by atoms with Crippen LogP contribution in [0.3, 0.4) is 0 Å².